The summed E-state index contributed by atoms with van der Waals surface area (Å²) in [6.07, 6.45) is -1.25. The van der Waals surface area contributed by atoms with Gasteiger partial charge >= 0.3 is 11.9 Å². The zero-order valence-corrected chi connectivity index (χ0v) is 19.5. The Morgan fingerprint density at radius 3 is 1.83 bits per heavy atom. The molecule has 198 valence electrons. The molecule has 4 unspecified atom stereocenters. The van der Waals surface area contributed by atoms with Crippen molar-refractivity contribution in [3.05, 3.63) is 0 Å². The van der Waals surface area contributed by atoms with E-state index in [0.717, 1.165) is 0 Å². The highest BCUT2D eigenvalue weighted by Crippen LogP contribution is 2.06. The van der Waals surface area contributed by atoms with E-state index in [1.165, 1.54) is 0 Å². The van der Waals surface area contributed by atoms with Crippen LogP contribution in [-0.4, -0.2) is 82.5 Å². The minimum atomic E-state index is -1.58. The van der Waals surface area contributed by atoms with Gasteiger partial charge in [0.2, 0.25) is 23.6 Å². The number of hydrogen-bond acceptors (Lipinski definition) is 8. The van der Waals surface area contributed by atoms with Gasteiger partial charge in [0, 0.05) is 6.54 Å². The number of guanidine groups is 1. The SMILES string of the molecule is CC(C)C(NC(=O)C(CCCN=C(N)N)NC(=O)C(CC(N)=O)NC(=O)C(N)CC(=O)O)C(=O)O. The monoisotopic (exact) mass is 502 g/mol. The van der Waals surface area contributed by atoms with Gasteiger partial charge < -0.3 is 49.1 Å². The lowest BCUT2D eigenvalue weighted by Crippen LogP contribution is -2.58. The van der Waals surface area contributed by atoms with Gasteiger partial charge in [-0.1, -0.05) is 13.8 Å². The molecule has 0 aliphatic carbocycles. The van der Waals surface area contributed by atoms with Crippen LogP contribution in [0.2, 0.25) is 0 Å². The largest absolute Gasteiger partial charge is 0.481 e. The number of nitrogens with two attached hydrogens (primary N) is 4. The van der Waals surface area contributed by atoms with Gasteiger partial charge in [0.05, 0.1) is 18.9 Å². The van der Waals surface area contributed by atoms with E-state index in [1.807, 2.05) is 0 Å². The van der Waals surface area contributed by atoms with E-state index in [4.69, 9.17) is 28.0 Å². The van der Waals surface area contributed by atoms with Crippen molar-refractivity contribution in [1.82, 2.24) is 16.0 Å². The van der Waals surface area contributed by atoms with Crippen LogP contribution in [0.1, 0.15) is 39.5 Å². The molecule has 4 amide bonds. The molecule has 0 saturated heterocycles. The minimum absolute atomic E-state index is 0.0332. The van der Waals surface area contributed by atoms with Crippen LogP contribution in [0, 0.1) is 5.92 Å². The standard InChI is InChI=1S/C19H34N8O8/c1-8(2)14(18(34)35)27-16(32)10(4-3-5-24-19(22)23)25-17(33)11(7-12(21)28)26-15(31)9(20)6-13(29)30/h8-11,14H,3-7,20H2,1-2H3,(H2,21,28)(H,25,33)(H,26,31)(H,27,32)(H,29,30)(H,34,35)(H4,22,23,24). The van der Waals surface area contributed by atoms with Crippen molar-refractivity contribution in [2.75, 3.05) is 6.54 Å². The molecule has 35 heavy (non-hydrogen) atoms. The molecule has 0 heterocycles. The maximum absolute atomic E-state index is 12.8. The number of carboxylic acids is 2. The van der Waals surface area contributed by atoms with E-state index in [9.17, 15) is 33.9 Å². The van der Waals surface area contributed by atoms with Crippen LogP contribution in [0.4, 0.5) is 0 Å². The zero-order valence-electron chi connectivity index (χ0n) is 19.5. The van der Waals surface area contributed by atoms with E-state index in [-0.39, 0.29) is 25.3 Å². The number of carbonyl (C=O) groups excluding carboxylic acids is 4. The number of nitrogens with zero attached hydrogens (tertiary/aromatic N) is 1. The van der Waals surface area contributed by atoms with Gasteiger partial charge in [-0.15, -0.1) is 0 Å². The first-order chi connectivity index (χ1) is 16.1. The Morgan fingerprint density at radius 2 is 1.37 bits per heavy atom. The highest BCUT2D eigenvalue weighted by Gasteiger charge is 2.32. The molecule has 0 rings (SSSR count). The molecule has 0 spiro atoms. The van der Waals surface area contributed by atoms with Crippen molar-refractivity contribution in [2.24, 2.45) is 33.8 Å². The van der Waals surface area contributed by atoms with E-state index in [2.05, 4.69) is 20.9 Å². The number of carbonyl (C=O) groups is 6. The van der Waals surface area contributed by atoms with Gasteiger partial charge in [0.15, 0.2) is 5.96 Å². The Morgan fingerprint density at radius 1 is 0.829 bits per heavy atom. The summed E-state index contributed by atoms with van der Waals surface area (Å²) in [5.74, 6) is -7.17. The Hall–Kier alpha value is -3.95. The molecule has 0 bridgehead atoms. The fraction of sp³-hybridized carbons (Fsp3) is 0.632. The zero-order chi connectivity index (χ0) is 27.3. The Kier molecular flexibility index (Phi) is 13.4. The summed E-state index contributed by atoms with van der Waals surface area (Å²) in [6, 6.07) is -5.64. The first kappa shape index (κ1) is 31.0. The van der Waals surface area contributed by atoms with Crippen LogP contribution >= 0.6 is 0 Å². The lowest BCUT2D eigenvalue weighted by Gasteiger charge is -2.25. The second kappa shape index (κ2) is 15.0. The maximum Gasteiger partial charge on any atom is 0.326 e. The Bertz CT molecular complexity index is 828. The summed E-state index contributed by atoms with van der Waals surface area (Å²) in [5, 5.41) is 24.9. The van der Waals surface area contributed by atoms with Crippen LogP contribution in [0.15, 0.2) is 4.99 Å². The molecule has 0 saturated carbocycles. The summed E-state index contributed by atoms with van der Waals surface area (Å²) in [4.78, 5) is 75.1. The number of amides is 4. The van der Waals surface area contributed by atoms with E-state index >= 15 is 0 Å². The topological polar surface area (TPSA) is 295 Å². The van der Waals surface area contributed by atoms with Crippen molar-refractivity contribution in [3.8, 4) is 0 Å². The minimum Gasteiger partial charge on any atom is -0.481 e. The lowest BCUT2D eigenvalue weighted by molar-refractivity contribution is -0.143. The molecule has 0 radical (unpaired) electrons. The second-order valence-corrected chi connectivity index (χ2v) is 8.01. The van der Waals surface area contributed by atoms with Gasteiger partial charge in [-0.25, -0.2) is 4.79 Å². The number of rotatable bonds is 16. The fourth-order valence-corrected chi connectivity index (χ4v) is 2.78. The summed E-state index contributed by atoms with van der Waals surface area (Å²) in [5.41, 5.74) is 21.1. The fourth-order valence-electron chi connectivity index (χ4n) is 2.78. The van der Waals surface area contributed by atoms with Crippen LogP contribution < -0.4 is 38.9 Å². The average molecular weight is 503 g/mol. The van der Waals surface area contributed by atoms with Crippen molar-refractivity contribution in [1.29, 1.82) is 0 Å². The predicted octanol–water partition coefficient (Wildman–Crippen LogP) is -4.09. The van der Waals surface area contributed by atoms with Crippen molar-refractivity contribution < 1.29 is 39.0 Å². The molecule has 0 aliphatic heterocycles. The average Bonchev–Trinajstić information content (AvgIpc) is 2.71. The van der Waals surface area contributed by atoms with Crippen LogP contribution in [-0.2, 0) is 28.8 Å². The number of aliphatic carboxylic acids is 2. The maximum atomic E-state index is 12.8. The molecule has 0 aromatic carbocycles. The van der Waals surface area contributed by atoms with Crippen LogP contribution in [0.5, 0.6) is 0 Å². The second-order valence-electron chi connectivity index (χ2n) is 8.01. The van der Waals surface area contributed by atoms with Gasteiger partial charge in [-0.2, -0.15) is 0 Å². The van der Waals surface area contributed by atoms with Crippen molar-refractivity contribution in [3.63, 3.8) is 0 Å². The van der Waals surface area contributed by atoms with E-state index in [1.54, 1.807) is 13.8 Å². The summed E-state index contributed by atoms with van der Waals surface area (Å²) in [7, 11) is 0. The quantitative estimate of drug-likeness (QED) is 0.0555. The third-order valence-electron chi connectivity index (χ3n) is 4.58. The number of aliphatic imine (C=N–C) groups is 1. The molecule has 0 aliphatic rings. The predicted molar refractivity (Wildman–Crippen MR) is 122 cm³/mol. The molecule has 16 nitrogen and oxygen atoms in total. The van der Waals surface area contributed by atoms with Crippen LogP contribution in [0.25, 0.3) is 0 Å². The third kappa shape index (κ3) is 12.8. The number of primary amides is 1. The van der Waals surface area contributed by atoms with Gasteiger partial charge in [-0.3, -0.25) is 29.0 Å². The summed E-state index contributed by atoms with van der Waals surface area (Å²) < 4.78 is 0. The van der Waals surface area contributed by atoms with Gasteiger partial charge in [0.25, 0.3) is 0 Å². The molecule has 0 aromatic heterocycles. The smallest absolute Gasteiger partial charge is 0.326 e. The number of hydrogen-bond donors (Lipinski definition) is 9. The Balaban J connectivity index is 5.65. The van der Waals surface area contributed by atoms with Gasteiger partial charge in [0.1, 0.15) is 18.1 Å². The molecule has 13 N–H and O–H groups in total. The molecule has 4 atom stereocenters. The molecule has 0 aromatic rings. The van der Waals surface area contributed by atoms with Crippen molar-refractivity contribution in [2.45, 2.75) is 63.7 Å². The summed E-state index contributed by atoms with van der Waals surface area (Å²) in [6.45, 7) is 3.24. The van der Waals surface area contributed by atoms with E-state index in [0.29, 0.717) is 0 Å². The molecule has 16 heteroatoms. The summed E-state index contributed by atoms with van der Waals surface area (Å²) >= 11 is 0. The molecular formula is C19H34N8O8. The molecular weight excluding hydrogens is 468 g/mol. The normalized spacial score (nSPS) is 14.1. The highest BCUT2D eigenvalue weighted by molar-refractivity contribution is 5.96. The first-order valence-electron chi connectivity index (χ1n) is 10.6. The highest BCUT2D eigenvalue weighted by atomic mass is 16.4. The first-order valence-corrected chi connectivity index (χ1v) is 10.6. The van der Waals surface area contributed by atoms with Crippen molar-refractivity contribution >= 4 is 41.5 Å². The Labute approximate surface area is 201 Å². The van der Waals surface area contributed by atoms with Gasteiger partial charge in [-0.05, 0) is 18.8 Å². The van der Waals surface area contributed by atoms with E-state index < -0.39 is 78.5 Å². The molecule has 0 fully saturated rings. The van der Waals surface area contributed by atoms with Crippen LogP contribution in [0.3, 0.4) is 0 Å². The number of nitrogens with one attached hydrogen (secondary N) is 3. The lowest BCUT2D eigenvalue weighted by atomic mass is 10.0. The number of carboxylic acid groups (broad SMARTS) is 2. The third-order valence-corrected chi connectivity index (χ3v) is 4.58.